The molecule has 1 fully saturated rings. The number of carbonyl (C=O) groups excluding carboxylic acids is 1. The fourth-order valence-corrected chi connectivity index (χ4v) is 2.96. The number of rotatable bonds is 3. The molecule has 13 heavy (non-hydrogen) atoms. The van der Waals surface area contributed by atoms with Crippen molar-refractivity contribution in [3.8, 4) is 0 Å². The van der Waals surface area contributed by atoms with Gasteiger partial charge in [0.2, 0.25) is 0 Å². The summed E-state index contributed by atoms with van der Waals surface area (Å²) in [4.78, 5) is 10.7. The summed E-state index contributed by atoms with van der Waals surface area (Å²) in [7, 11) is -1.56. The summed E-state index contributed by atoms with van der Waals surface area (Å²) >= 11 is 0. The van der Waals surface area contributed by atoms with Crippen molar-refractivity contribution in [2.75, 3.05) is 25.2 Å². The van der Waals surface area contributed by atoms with Crippen molar-refractivity contribution in [1.82, 2.24) is 5.32 Å². The summed E-state index contributed by atoms with van der Waals surface area (Å²) in [6, 6.07) is -0.0934. The molecule has 0 saturated carbocycles. The van der Waals surface area contributed by atoms with Crippen molar-refractivity contribution in [2.24, 2.45) is 0 Å². The second kappa shape index (κ2) is 4.06. The largest absolute Gasteiger partial charge is 0.468 e. The van der Waals surface area contributed by atoms with Crippen LogP contribution in [0.2, 0.25) is 0 Å². The van der Waals surface area contributed by atoms with Crippen molar-refractivity contribution < 1.29 is 17.9 Å². The summed E-state index contributed by atoms with van der Waals surface area (Å²) in [5.41, 5.74) is 0. The number of carbonyl (C=O) groups is 1. The number of hydrogen-bond acceptors (Lipinski definition) is 5. The molecule has 1 aliphatic heterocycles. The standard InChI is InChI=1S/C7H13NO4S/c1-12-7(9)4-8-6-2-3-13(10,11)5-6/h6,8H,2-5H2,1H3. The Bertz CT molecular complexity index is 285. The molecule has 5 nitrogen and oxygen atoms in total. The van der Waals surface area contributed by atoms with E-state index < -0.39 is 9.84 Å². The molecule has 1 rings (SSSR count). The summed E-state index contributed by atoms with van der Waals surface area (Å²) < 4.78 is 26.4. The van der Waals surface area contributed by atoms with Crippen molar-refractivity contribution in [3.63, 3.8) is 0 Å². The van der Waals surface area contributed by atoms with Crippen LogP contribution in [0.1, 0.15) is 6.42 Å². The Morgan fingerprint density at radius 2 is 2.31 bits per heavy atom. The summed E-state index contributed by atoms with van der Waals surface area (Å²) in [5.74, 6) is -0.0279. The van der Waals surface area contributed by atoms with Gasteiger partial charge in [0, 0.05) is 6.04 Å². The molecule has 0 bridgehead atoms. The number of sulfone groups is 1. The van der Waals surface area contributed by atoms with Gasteiger partial charge in [0.1, 0.15) is 0 Å². The normalized spacial score (nSPS) is 25.8. The molecule has 0 aromatic rings. The highest BCUT2D eigenvalue weighted by Crippen LogP contribution is 2.10. The lowest BCUT2D eigenvalue weighted by Gasteiger charge is -2.08. The molecule has 6 heteroatoms. The molecule has 0 radical (unpaired) electrons. The minimum atomic E-state index is -2.86. The maximum absolute atomic E-state index is 11.0. The van der Waals surface area contributed by atoms with Crippen molar-refractivity contribution in [3.05, 3.63) is 0 Å². The van der Waals surface area contributed by atoms with Crippen LogP contribution in [-0.4, -0.2) is 45.6 Å². The van der Waals surface area contributed by atoms with E-state index in [0.29, 0.717) is 6.42 Å². The van der Waals surface area contributed by atoms with E-state index in [9.17, 15) is 13.2 Å². The van der Waals surface area contributed by atoms with Gasteiger partial charge in [-0.05, 0) is 6.42 Å². The average molecular weight is 207 g/mol. The van der Waals surface area contributed by atoms with E-state index >= 15 is 0 Å². The summed E-state index contributed by atoms with van der Waals surface area (Å²) in [6.45, 7) is 0.0800. The second-order valence-corrected chi connectivity index (χ2v) is 5.29. The molecule has 1 heterocycles. The van der Waals surface area contributed by atoms with Gasteiger partial charge in [-0.25, -0.2) is 8.42 Å². The maximum Gasteiger partial charge on any atom is 0.319 e. The fourth-order valence-electron chi connectivity index (χ4n) is 1.26. The van der Waals surface area contributed by atoms with Gasteiger partial charge < -0.3 is 10.1 Å². The molecule has 0 aromatic carbocycles. The molecule has 1 unspecified atom stereocenters. The molecule has 1 atom stereocenters. The Balaban J connectivity index is 2.29. The van der Waals surface area contributed by atoms with Crippen LogP contribution in [0.15, 0.2) is 0 Å². The fraction of sp³-hybridized carbons (Fsp3) is 0.857. The molecular weight excluding hydrogens is 194 g/mol. The van der Waals surface area contributed by atoms with Crippen LogP contribution in [-0.2, 0) is 19.4 Å². The predicted molar refractivity (Wildman–Crippen MR) is 47.1 cm³/mol. The topological polar surface area (TPSA) is 72.5 Å². The van der Waals surface area contributed by atoms with Crippen LogP contribution in [0.25, 0.3) is 0 Å². The zero-order chi connectivity index (χ0) is 9.90. The molecule has 1 aliphatic rings. The first-order valence-electron chi connectivity index (χ1n) is 4.04. The third kappa shape index (κ3) is 3.31. The molecule has 1 saturated heterocycles. The van der Waals surface area contributed by atoms with Crippen molar-refractivity contribution >= 4 is 15.8 Å². The molecule has 0 aromatic heterocycles. The molecule has 0 amide bonds. The predicted octanol–water partition coefficient (Wildman–Crippen LogP) is -1.06. The van der Waals surface area contributed by atoms with Gasteiger partial charge in [0.05, 0.1) is 25.2 Å². The minimum Gasteiger partial charge on any atom is -0.468 e. The zero-order valence-corrected chi connectivity index (χ0v) is 8.26. The lowest BCUT2D eigenvalue weighted by Crippen LogP contribution is -2.34. The van der Waals surface area contributed by atoms with Crippen LogP contribution >= 0.6 is 0 Å². The van der Waals surface area contributed by atoms with E-state index in [4.69, 9.17) is 0 Å². The first-order chi connectivity index (χ1) is 6.03. The monoisotopic (exact) mass is 207 g/mol. The Hall–Kier alpha value is -0.620. The highest BCUT2D eigenvalue weighted by molar-refractivity contribution is 7.91. The van der Waals surface area contributed by atoms with Crippen molar-refractivity contribution in [2.45, 2.75) is 12.5 Å². The Morgan fingerprint density at radius 3 is 2.77 bits per heavy atom. The van der Waals surface area contributed by atoms with E-state index in [1.54, 1.807) is 0 Å². The number of nitrogens with one attached hydrogen (secondary N) is 1. The van der Waals surface area contributed by atoms with Gasteiger partial charge in [-0.2, -0.15) is 0 Å². The molecule has 0 spiro atoms. The highest BCUT2D eigenvalue weighted by atomic mass is 32.2. The van der Waals surface area contributed by atoms with Crippen LogP contribution in [0.4, 0.5) is 0 Å². The van der Waals surface area contributed by atoms with Crippen LogP contribution in [0.5, 0.6) is 0 Å². The van der Waals surface area contributed by atoms with Gasteiger partial charge in [-0.1, -0.05) is 0 Å². The Labute approximate surface area is 77.4 Å². The van der Waals surface area contributed by atoms with Gasteiger partial charge in [-0.3, -0.25) is 4.79 Å². The number of esters is 1. The first-order valence-corrected chi connectivity index (χ1v) is 5.86. The van der Waals surface area contributed by atoms with E-state index in [0.717, 1.165) is 0 Å². The highest BCUT2D eigenvalue weighted by Gasteiger charge is 2.27. The van der Waals surface area contributed by atoms with Crippen LogP contribution in [0.3, 0.4) is 0 Å². The zero-order valence-electron chi connectivity index (χ0n) is 7.45. The first kappa shape index (κ1) is 10.5. The quantitative estimate of drug-likeness (QED) is 0.597. The smallest absolute Gasteiger partial charge is 0.319 e. The number of methoxy groups -OCH3 is 1. The molecule has 1 N–H and O–H groups in total. The van der Waals surface area contributed by atoms with E-state index in [1.807, 2.05) is 0 Å². The lowest BCUT2D eigenvalue weighted by molar-refractivity contribution is -0.139. The third-order valence-corrected chi connectivity index (χ3v) is 3.76. The SMILES string of the molecule is COC(=O)CNC1CCS(=O)(=O)C1. The van der Waals surface area contributed by atoms with Crippen LogP contribution in [0, 0.1) is 0 Å². The van der Waals surface area contributed by atoms with Gasteiger partial charge in [0.15, 0.2) is 9.84 Å². The third-order valence-electron chi connectivity index (χ3n) is 2.00. The number of hydrogen-bond donors (Lipinski definition) is 1. The van der Waals surface area contributed by atoms with Crippen molar-refractivity contribution in [1.29, 1.82) is 0 Å². The lowest BCUT2D eigenvalue weighted by atomic mass is 10.3. The maximum atomic E-state index is 11.0. The molecule has 76 valence electrons. The Kier molecular flexibility index (Phi) is 3.27. The minimum absolute atomic E-state index is 0.0800. The van der Waals surface area contributed by atoms with Gasteiger partial charge >= 0.3 is 5.97 Å². The second-order valence-electron chi connectivity index (χ2n) is 3.06. The average Bonchev–Trinajstić information content (AvgIpc) is 2.41. The van der Waals surface area contributed by atoms with E-state index in [-0.39, 0.29) is 30.1 Å². The molecular formula is C7H13NO4S. The van der Waals surface area contributed by atoms with E-state index in [1.165, 1.54) is 7.11 Å². The number of ether oxygens (including phenoxy) is 1. The summed E-state index contributed by atoms with van der Waals surface area (Å²) in [6.07, 6.45) is 0.583. The van der Waals surface area contributed by atoms with Gasteiger partial charge in [-0.15, -0.1) is 0 Å². The summed E-state index contributed by atoms with van der Waals surface area (Å²) in [5, 5.41) is 2.83. The Morgan fingerprint density at radius 1 is 1.62 bits per heavy atom. The van der Waals surface area contributed by atoms with E-state index in [2.05, 4.69) is 10.1 Å². The molecule has 0 aliphatic carbocycles. The van der Waals surface area contributed by atoms with Crippen LogP contribution < -0.4 is 5.32 Å². The van der Waals surface area contributed by atoms with Gasteiger partial charge in [0.25, 0.3) is 0 Å².